The van der Waals surface area contributed by atoms with E-state index in [9.17, 15) is 4.79 Å². The van der Waals surface area contributed by atoms with E-state index < -0.39 is 0 Å². The van der Waals surface area contributed by atoms with E-state index >= 15 is 0 Å². The van der Waals surface area contributed by atoms with Gasteiger partial charge in [0.15, 0.2) is 0 Å². The molecule has 1 saturated heterocycles. The van der Waals surface area contributed by atoms with E-state index in [1.165, 1.54) is 0 Å². The van der Waals surface area contributed by atoms with E-state index in [2.05, 4.69) is 10.1 Å². The number of hydrogen-bond donors (Lipinski definition) is 0. The number of morpholine rings is 1. The maximum atomic E-state index is 13.0. The Morgan fingerprint density at radius 1 is 1.29 bits per heavy atom. The predicted octanol–water partition coefficient (Wildman–Crippen LogP) is 2.25. The third-order valence-electron chi connectivity index (χ3n) is 4.34. The van der Waals surface area contributed by atoms with Crippen LogP contribution in [0.2, 0.25) is 0 Å². The first kappa shape index (κ1) is 14.8. The van der Waals surface area contributed by atoms with Crippen molar-refractivity contribution in [2.24, 2.45) is 0 Å². The minimum Gasteiger partial charge on any atom is -0.368 e. The fourth-order valence-electron chi connectivity index (χ4n) is 3.12. The van der Waals surface area contributed by atoms with Crippen LogP contribution in [-0.4, -0.2) is 45.1 Å². The molecule has 1 atom stereocenters. The first-order chi connectivity index (χ1) is 11.7. The van der Waals surface area contributed by atoms with Gasteiger partial charge in [-0.15, -0.1) is 0 Å². The number of pyridine rings is 2. The molecule has 6 nitrogen and oxygen atoms in total. The van der Waals surface area contributed by atoms with E-state index in [4.69, 9.17) is 4.74 Å². The third kappa shape index (κ3) is 2.55. The summed E-state index contributed by atoms with van der Waals surface area (Å²) in [6.07, 6.45) is 5.06. The van der Waals surface area contributed by atoms with Gasteiger partial charge in [0.1, 0.15) is 6.10 Å². The summed E-state index contributed by atoms with van der Waals surface area (Å²) in [6.45, 7) is 3.57. The lowest BCUT2D eigenvalue weighted by Gasteiger charge is -2.32. The second kappa shape index (κ2) is 6.05. The normalized spacial score (nSPS) is 18.0. The molecule has 1 amide bonds. The van der Waals surface area contributed by atoms with Crippen LogP contribution >= 0.6 is 0 Å². The first-order valence-electron chi connectivity index (χ1n) is 7.99. The Labute approximate surface area is 139 Å². The molecule has 3 aromatic heterocycles. The molecule has 0 N–H and O–H groups in total. The van der Waals surface area contributed by atoms with Crippen molar-refractivity contribution in [3.63, 3.8) is 0 Å². The number of carbonyl (C=O) groups excluding carboxylic acids is 1. The molecule has 0 radical (unpaired) electrons. The summed E-state index contributed by atoms with van der Waals surface area (Å²) in [7, 11) is 0. The number of aryl methyl sites for hydroxylation is 1. The topological polar surface area (TPSA) is 59.7 Å². The average molecular weight is 322 g/mol. The van der Waals surface area contributed by atoms with Crippen LogP contribution in [0.25, 0.3) is 5.52 Å². The minimum atomic E-state index is -0.188. The highest BCUT2D eigenvalue weighted by molar-refractivity contribution is 6.01. The van der Waals surface area contributed by atoms with Crippen molar-refractivity contribution in [3.05, 3.63) is 65.7 Å². The van der Waals surface area contributed by atoms with Crippen LogP contribution in [0.4, 0.5) is 0 Å². The summed E-state index contributed by atoms with van der Waals surface area (Å²) in [5.74, 6) is -0.0106. The third-order valence-corrected chi connectivity index (χ3v) is 4.34. The molecule has 0 saturated carbocycles. The van der Waals surface area contributed by atoms with Crippen LogP contribution in [-0.2, 0) is 4.74 Å². The Bertz CT molecular complexity index is 875. The van der Waals surface area contributed by atoms with Gasteiger partial charge < -0.3 is 9.64 Å². The maximum Gasteiger partial charge on any atom is 0.257 e. The fourth-order valence-corrected chi connectivity index (χ4v) is 3.12. The zero-order chi connectivity index (χ0) is 16.5. The molecule has 0 bridgehead atoms. The van der Waals surface area contributed by atoms with Crippen LogP contribution in [0, 0.1) is 6.92 Å². The van der Waals surface area contributed by atoms with Crippen LogP contribution in [0.1, 0.15) is 27.7 Å². The summed E-state index contributed by atoms with van der Waals surface area (Å²) in [5.41, 5.74) is 3.39. The van der Waals surface area contributed by atoms with E-state index in [1.54, 1.807) is 16.9 Å². The number of ether oxygens (including phenoxy) is 1. The van der Waals surface area contributed by atoms with Crippen molar-refractivity contribution in [1.29, 1.82) is 0 Å². The maximum absolute atomic E-state index is 13.0. The van der Waals surface area contributed by atoms with Gasteiger partial charge in [-0.3, -0.25) is 9.78 Å². The summed E-state index contributed by atoms with van der Waals surface area (Å²) >= 11 is 0. The van der Waals surface area contributed by atoms with Gasteiger partial charge in [-0.05, 0) is 30.7 Å². The number of rotatable bonds is 2. The predicted molar refractivity (Wildman–Crippen MR) is 88.8 cm³/mol. The summed E-state index contributed by atoms with van der Waals surface area (Å²) in [6, 6.07) is 9.65. The SMILES string of the molecule is Cc1cccn2ncc(C(=O)N3CCOC(c4ccccn4)C3)c12. The molecule has 1 aliphatic heterocycles. The second-order valence-corrected chi connectivity index (χ2v) is 5.91. The van der Waals surface area contributed by atoms with Crippen LogP contribution in [0.15, 0.2) is 48.9 Å². The lowest BCUT2D eigenvalue weighted by molar-refractivity contribution is -0.0246. The smallest absolute Gasteiger partial charge is 0.257 e. The highest BCUT2D eigenvalue weighted by atomic mass is 16.5. The Morgan fingerprint density at radius 2 is 2.21 bits per heavy atom. The largest absolute Gasteiger partial charge is 0.368 e. The molecular weight excluding hydrogens is 304 g/mol. The lowest BCUT2D eigenvalue weighted by atomic mass is 10.1. The van der Waals surface area contributed by atoms with Gasteiger partial charge in [-0.25, -0.2) is 4.52 Å². The number of aromatic nitrogens is 3. The molecule has 0 aromatic carbocycles. The van der Waals surface area contributed by atoms with Gasteiger partial charge in [0.05, 0.1) is 36.1 Å². The Kier molecular flexibility index (Phi) is 3.74. The van der Waals surface area contributed by atoms with E-state index in [1.807, 2.05) is 48.4 Å². The number of fused-ring (bicyclic) bond motifs is 1. The zero-order valence-corrected chi connectivity index (χ0v) is 13.4. The van der Waals surface area contributed by atoms with E-state index in [-0.39, 0.29) is 12.0 Å². The van der Waals surface area contributed by atoms with Crippen molar-refractivity contribution < 1.29 is 9.53 Å². The lowest BCUT2D eigenvalue weighted by Crippen LogP contribution is -2.42. The molecule has 24 heavy (non-hydrogen) atoms. The standard InChI is InChI=1S/C18H18N4O2/c1-13-5-4-8-22-17(13)14(11-20-22)18(23)21-9-10-24-16(12-21)15-6-2-3-7-19-15/h2-8,11,16H,9-10,12H2,1H3. The van der Waals surface area contributed by atoms with Crippen molar-refractivity contribution in [2.45, 2.75) is 13.0 Å². The number of carbonyl (C=O) groups is 1. The summed E-state index contributed by atoms with van der Waals surface area (Å²) < 4.78 is 7.55. The summed E-state index contributed by atoms with van der Waals surface area (Å²) in [5, 5.41) is 4.30. The van der Waals surface area contributed by atoms with Gasteiger partial charge in [0.2, 0.25) is 0 Å². The molecule has 122 valence electrons. The molecule has 4 rings (SSSR count). The van der Waals surface area contributed by atoms with Crippen LogP contribution in [0.3, 0.4) is 0 Å². The quantitative estimate of drug-likeness (QED) is 0.726. The van der Waals surface area contributed by atoms with Gasteiger partial charge in [0.25, 0.3) is 5.91 Å². The molecule has 1 fully saturated rings. The van der Waals surface area contributed by atoms with Crippen molar-refractivity contribution in [1.82, 2.24) is 19.5 Å². The Morgan fingerprint density at radius 3 is 3.04 bits per heavy atom. The van der Waals surface area contributed by atoms with Gasteiger partial charge in [-0.1, -0.05) is 12.1 Å². The Hall–Kier alpha value is -2.73. The monoisotopic (exact) mass is 322 g/mol. The Balaban J connectivity index is 1.62. The molecule has 4 heterocycles. The number of amides is 1. The molecule has 1 unspecified atom stereocenters. The van der Waals surface area contributed by atoms with Crippen molar-refractivity contribution in [2.75, 3.05) is 19.7 Å². The minimum absolute atomic E-state index is 0.0106. The van der Waals surface area contributed by atoms with Crippen molar-refractivity contribution >= 4 is 11.4 Å². The van der Waals surface area contributed by atoms with Crippen molar-refractivity contribution in [3.8, 4) is 0 Å². The molecular formula is C18H18N4O2. The molecule has 6 heteroatoms. The highest BCUT2D eigenvalue weighted by Crippen LogP contribution is 2.23. The molecule has 1 aliphatic rings. The first-order valence-corrected chi connectivity index (χ1v) is 7.99. The van der Waals surface area contributed by atoms with Gasteiger partial charge in [-0.2, -0.15) is 5.10 Å². The molecule has 0 aliphatic carbocycles. The van der Waals surface area contributed by atoms with Crippen LogP contribution < -0.4 is 0 Å². The molecule has 0 spiro atoms. The highest BCUT2D eigenvalue weighted by Gasteiger charge is 2.28. The van der Waals surface area contributed by atoms with Gasteiger partial charge in [0, 0.05) is 18.9 Å². The van der Waals surface area contributed by atoms with E-state index in [0.717, 1.165) is 16.8 Å². The zero-order valence-electron chi connectivity index (χ0n) is 13.4. The molecule has 3 aromatic rings. The average Bonchev–Trinajstić information content (AvgIpc) is 3.07. The fraction of sp³-hybridized carbons (Fsp3) is 0.278. The second-order valence-electron chi connectivity index (χ2n) is 5.91. The number of nitrogens with zero attached hydrogens (tertiary/aromatic N) is 4. The van der Waals surface area contributed by atoms with Gasteiger partial charge >= 0.3 is 0 Å². The van der Waals surface area contributed by atoms with Crippen LogP contribution in [0.5, 0.6) is 0 Å². The van der Waals surface area contributed by atoms with E-state index in [0.29, 0.717) is 25.3 Å². The summed E-state index contributed by atoms with van der Waals surface area (Å²) in [4.78, 5) is 19.2. The number of hydrogen-bond acceptors (Lipinski definition) is 4.